The highest BCUT2D eigenvalue weighted by Crippen LogP contribution is 2.24. The maximum atomic E-state index is 12.8. The van der Waals surface area contributed by atoms with Crippen molar-refractivity contribution in [2.75, 3.05) is 7.11 Å². The van der Waals surface area contributed by atoms with Gasteiger partial charge in [-0.3, -0.25) is 4.79 Å². The topological polar surface area (TPSA) is 130 Å². The predicted molar refractivity (Wildman–Crippen MR) is 124 cm³/mol. The summed E-state index contributed by atoms with van der Waals surface area (Å²) in [6.07, 6.45) is 3.03. The summed E-state index contributed by atoms with van der Waals surface area (Å²) in [6.45, 7) is 3.70. The van der Waals surface area contributed by atoms with Crippen molar-refractivity contribution in [3.05, 3.63) is 77.1 Å². The van der Waals surface area contributed by atoms with Crippen molar-refractivity contribution in [2.24, 2.45) is 5.14 Å². The summed E-state index contributed by atoms with van der Waals surface area (Å²) in [4.78, 5) is 17.3. The van der Waals surface area contributed by atoms with Crippen LogP contribution in [0.3, 0.4) is 0 Å². The molecule has 0 aliphatic carbocycles. The second kappa shape index (κ2) is 8.57. The second-order valence-electron chi connectivity index (χ2n) is 7.45. The van der Waals surface area contributed by atoms with E-state index < -0.39 is 10.0 Å². The normalized spacial score (nSPS) is 11.9. The van der Waals surface area contributed by atoms with Crippen molar-refractivity contribution >= 4 is 32.8 Å². The number of nitrogens with two attached hydrogens (primary N) is 1. The van der Waals surface area contributed by atoms with Crippen LogP contribution in [-0.4, -0.2) is 41.3 Å². The minimum atomic E-state index is -3.80. The monoisotopic (exact) mass is 463 g/mol. The molecule has 0 amide bonds. The maximum Gasteiger partial charge on any atom is 0.238 e. The first kappa shape index (κ1) is 22.3. The average molecular weight is 464 g/mol. The largest absolute Gasteiger partial charge is 0.481 e. The van der Waals surface area contributed by atoms with Crippen LogP contribution in [0.5, 0.6) is 5.88 Å². The van der Waals surface area contributed by atoms with Crippen molar-refractivity contribution in [3.63, 3.8) is 0 Å². The molecule has 0 saturated carbocycles. The fourth-order valence-corrected chi connectivity index (χ4v) is 3.92. The van der Waals surface area contributed by atoms with Gasteiger partial charge in [-0.05, 0) is 68.5 Å². The van der Waals surface area contributed by atoms with Crippen molar-refractivity contribution in [3.8, 4) is 11.6 Å². The highest BCUT2D eigenvalue weighted by atomic mass is 32.2. The third-order valence-electron chi connectivity index (χ3n) is 5.11. The van der Waals surface area contributed by atoms with Crippen LogP contribution in [0, 0.1) is 13.8 Å². The van der Waals surface area contributed by atoms with Crippen LogP contribution in [0.25, 0.3) is 22.7 Å². The molecule has 2 aromatic carbocycles. The zero-order valence-electron chi connectivity index (χ0n) is 18.2. The zero-order chi connectivity index (χ0) is 23.8. The molecule has 4 aromatic rings. The number of hydrogen-bond donors (Lipinski definition) is 1. The van der Waals surface area contributed by atoms with E-state index in [1.54, 1.807) is 25.1 Å². The van der Waals surface area contributed by atoms with E-state index in [1.165, 1.54) is 30.0 Å². The van der Waals surface area contributed by atoms with Gasteiger partial charge in [0.1, 0.15) is 0 Å². The summed E-state index contributed by atoms with van der Waals surface area (Å²) in [5, 5.41) is 14.1. The molecule has 0 radical (unpaired) electrons. The molecule has 0 fully saturated rings. The molecule has 4 rings (SSSR count). The fraction of sp³-hybridized carbons (Fsp3) is 0.130. The maximum absolute atomic E-state index is 12.8. The first-order valence-corrected chi connectivity index (χ1v) is 11.5. The first-order valence-electron chi connectivity index (χ1n) is 9.91. The molecule has 0 aliphatic heterocycles. The third kappa shape index (κ3) is 4.52. The third-order valence-corrected chi connectivity index (χ3v) is 6.04. The lowest BCUT2D eigenvalue weighted by molar-refractivity contribution is 0.104. The SMILES string of the molecule is COc1nc2ccc(C)cc2cc1/C=C/C(=O)c1nnn(-c2ccc(S(N)(=O)=O)cc2)c1C. The summed E-state index contributed by atoms with van der Waals surface area (Å²) in [5.41, 5.74) is 3.79. The minimum absolute atomic E-state index is 0.0172. The van der Waals surface area contributed by atoms with Gasteiger partial charge in [0, 0.05) is 10.9 Å². The number of nitrogens with zero attached hydrogens (tertiary/aromatic N) is 4. The Kier molecular flexibility index (Phi) is 5.79. The number of pyridine rings is 1. The van der Waals surface area contributed by atoms with E-state index in [9.17, 15) is 13.2 Å². The average Bonchev–Trinajstić information content (AvgIpc) is 3.17. The van der Waals surface area contributed by atoms with Gasteiger partial charge in [-0.2, -0.15) is 0 Å². The Morgan fingerprint density at radius 2 is 1.82 bits per heavy atom. The highest BCUT2D eigenvalue weighted by Gasteiger charge is 2.16. The summed E-state index contributed by atoms with van der Waals surface area (Å²) >= 11 is 0. The number of aryl methyl sites for hydroxylation is 1. The quantitative estimate of drug-likeness (QED) is 0.344. The summed E-state index contributed by atoms with van der Waals surface area (Å²) in [5.74, 6) is 0.0667. The van der Waals surface area contributed by atoms with Crippen LogP contribution in [0.15, 0.2) is 59.5 Å². The van der Waals surface area contributed by atoms with Gasteiger partial charge < -0.3 is 4.74 Å². The molecule has 33 heavy (non-hydrogen) atoms. The molecule has 168 valence electrons. The molecule has 0 aliphatic rings. The Labute approximate surface area is 190 Å². The highest BCUT2D eigenvalue weighted by molar-refractivity contribution is 7.89. The van der Waals surface area contributed by atoms with Gasteiger partial charge in [-0.15, -0.1) is 5.10 Å². The number of fused-ring (bicyclic) bond motifs is 1. The number of benzene rings is 2. The summed E-state index contributed by atoms with van der Waals surface area (Å²) in [6, 6.07) is 13.6. The lowest BCUT2D eigenvalue weighted by Crippen LogP contribution is -2.12. The molecular weight excluding hydrogens is 442 g/mol. The van der Waals surface area contributed by atoms with E-state index in [0.29, 0.717) is 22.8 Å². The van der Waals surface area contributed by atoms with Gasteiger partial charge in [0.15, 0.2) is 5.69 Å². The molecule has 2 N–H and O–H groups in total. The molecular formula is C23H21N5O4S. The summed E-state index contributed by atoms with van der Waals surface area (Å²) in [7, 11) is -2.27. The zero-order valence-corrected chi connectivity index (χ0v) is 19.0. The van der Waals surface area contributed by atoms with Crippen molar-refractivity contribution in [1.82, 2.24) is 20.0 Å². The van der Waals surface area contributed by atoms with Crippen LogP contribution >= 0.6 is 0 Å². The van der Waals surface area contributed by atoms with Crippen molar-refractivity contribution < 1.29 is 17.9 Å². The molecule has 0 bridgehead atoms. The number of carbonyl (C=O) groups is 1. The Morgan fingerprint density at radius 1 is 1.09 bits per heavy atom. The predicted octanol–water partition coefficient (Wildman–Crippen LogP) is 2.98. The Bertz CT molecular complexity index is 1510. The van der Waals surface area contributed by atoms with E-state index in [-0.39, 0.29) is 16.4 Å². The van der Waals surface area contributed by atoms with E-state index in [4.69, 9.17) is 9.88 Å². The number of aromatic nitrogens is 4. The smallest absolute Gasteiger partial charge is 0.238 e. The van der Waals surface area contributed by atoms with Crippen LogP contribution in [-0.2, 0) is 10.0 Å². The molecule has 0 unspecified atom stereocenters. The van der Waals surface area contributed by atoms with E-state index >= 15 is 0 Å². The van der Waals surface area contributed by atoms with Gasteiger partial charge in [0.05, 0.1) is 28.9 Å². The van der Waals surface area contributed by atoms with E-state index in [1.807, 2.05) is 31.2 Å². The number of rotatable bonds is 6. The minimum Gasteiger partial charge on any atom is -0.481 e. The lowest BCUT2D eigenvalue weighted by Gasteiger charge is -2.07. The van der Waals surface area contributed by atoms with Gasteiger partial charge >= 0.3 is 0 Å². The summed E-state index contributed by atoms with van der Waals surface area (Å²) < 4.78 is 29.7. The number of allylic oxidation sites excluding steroid dienone is 1. The van der Waals surface area contributed by atoms with Crippen LogP contribution in [0.1, 0.15) is 27.3 Å². The molecule has 2 aromatic heterocycles. The molecule has 0 saturated heterocycles. The fourth-order valence-electron chi connectivity index (χ4n) is 3.40. The van der Waals surface area contributed by atoms with Crippen molar-refractivity contribution in [1.29, 1.82) is 0 Å². The molecule has 0 atom stereocenters. The van der Waals surface area contributed by atoms with Crippen LogP contribution < -0.4 is 9.88 Å². The van der Waals surface area contributed by atoms with E-state index in [0.717, 1.165) is 16.5 Å². The number of sulfonamides is 1. The number of primary sulfonamides is 1. The number of carbonyl (C=O) groups excluding carboxylic acids is 1. The molecule has 9 nitrogen and oxygen atoms in total. The van der Waals surface area contributed by atoms with Gasteiger partial charge in [-0.1, -0.05) is 16.8 Å². The first-order chi connectivity index (χ1) is 15.7. The molecule has 2 heterocycles. The lowest BCUT2D eigenvalue weighted by atomic mass is 10.1. The Balaban J connectivity index is 1.63. The van der Waals surface area contributed by atoms with Crippen molar-refractivity contribution in [2.45, 2.75) is 18.7 Å². The standard InChI is InChI=1S/C23H21N5O4S/c1-14-4-10-20-17(12-14)13-16(23(25-20)32-3)5-11-21(29)22-15(2)28(27-26-22)18-6-8-19(9-7-18)33(24,30)31/h4-13H,1-3H3,(H2,24,30,31)/b11-5+. The van der Waals surface area contributed by atoms with Gasteiger partial charge in [-0.25, -0.2) is 23.2 Å². The number of ketones is 1. The number of hydrogen-bond acceptors (Lipinski definition) is 7. The number of ether oxygens (including phenoxy) is 1. The van der Waals surface area contributed by atoms with Gasteiger partial charge in [0.25, 0.3) is 0 Å². The van der Waals surface area contributed by atoms with Crippen LogP contribution in [0.2, 0.25) is 0 Å². The Morgan fingerprint density at radius 3 is 2.48 bits per heavy atom. The second-order valence-corrected chi connectivity index (χ2v) is 9.02. The molecule has 10 heteroatoms. The molecule has 0 spiro atoms. The Hall–Kier alpha value is -3.89. The van der Waals surface area contributed by atoms with E-state index in [2.05, 4.69) is 15.3 Å². The number of methoxy groups -OCH3 is 1. The van der Waals surface area contributed by atoms with Gasteiger partial charge in [0.2, 0.25) is 21.7 Å². The van der Waals surface area contributed by atoms with Crippen LogP contribution in [0.4, 0.5) is 0 Å².